The first-order chi connectivity index (χ1) is 8.86. The lowest BCUT2D eigenvalue weighted by molar-refractivity contribution is 0.0210. The third-order valence-electron chi connectivity index (χ3n) is 5.35. The third-order valence-corrected chi connectivity index (χ3v) is 5.35. The first-order valence-electron chi connectivity index (χ1n) is 7.55. The highest BCUT2D eigenvalue weighted by atomic mass is 16.3. The predicted molar refractivity (Wildman–Crippen MR) is 78.2 cm³/mol. The molecule has 1 fully saturated rings. The van der Waals surface area contributed by atoms with Gasteiger partial charge in [-0.25, -0.2) is 4.98 Å². The lowest BCUT2D eigenvalue weighted by Crippen LogP contribution is -2.38. The van der Waals surface area contributed by atoms with Crippen LogP contribution in [0.3, 0.4) is 0 Å². The lowest BCUT2D eigenvalue weighted by Gasteiger charge is -2.44. The van der Waals surface area contributed by atoms with Crippen LogP contribution in [0, 0.1) is 25.2 Å². The zero-order valence-corrected chi connectivity index (χ0v) is 13.0. The van der Waals surface area contributed by atoms with Crippen molar-refractivity contribution >= 4 is 0 Å². The molecular weight excluding hydrogens is 236 g/mol. The van der Waals surface area contributed by atoms with Gasteiger partial charge in [-0.1, -0.05) is 27.2 Å². The molecular formula is C16H28N2O. The first-order valence-corrected chi connectivity index (χ1v) is 7.55. The van der Waals surface area contributed by atoms with Gasteiger partial charge >= 0.3 is 0 Å². The van der Waals surface area contributed by atoms with E-state index < -0.39 is 0 Å². The zero-order valence-electron chi connectivity index (χ0n) is 13.0. The fourth-order valence-electron chi connectivity index (χ4n) is 3.46. The van der Waals surface area contributed by atoms with Crippen molar-refractivity contribution in [3.8, 4) is 0 Å². The van der Waals surface area contributed by atoms with E-state index in [-0.39, 0.29) is 6.10 Å². The summed E-state index contributed by atoms with van der Waals surface area (Å²) in [6.45, 7) is 11.2. The fourth-order valence-corrected chi connectivity index (χ4v) is 3.46. The van der Waals surface area contributed by atoms with Crippen LogP contribution < -0.4 is 0 Å². The van der Waals surface area contributed by atoms with Crippen molar-refractivity contribution in [2.45, 2.75) is 72.4 Å². The molecule has 1 aliphatic carbocycles. The van der Waals surface area contributed by atoms with E-state index in [0.717, 1.165) is 25.0 Å². The minimum Gasteiger partial charge on any atom is -0.393 e. The summed E-state index contributed by atoms with van der Waals surface area (Å²) in [5, 5.41) is 10.1. The largest absolute Gasteiger partial charge is 0.393 e. The standard InChI is InChI=1S/C16H28N2O/c1-6-16(4,5)14-8-7-13(19)9-15(14)18-10-17-11(2)12(18)3/h10,13-15,19H,6-9H2,1-5H3. The second kappa shape index (κ2) is 5.28. The Balaban J connectivity index is 2.34. The molecule has 3 heteroatoms. The van der Waals surface area contributed by atoms with Crippen molar-refractivity contribution < 1.29 is 5.11 Å². The first kappa shape index (κ1) is 14.6. The Kier molecular flexibility index (Phi) is 4.05. The number of imidazole rings is 1. The van der Waals surface area contributed by atoms with Gasteiger partial charge in [0.15, 0.2) is 0 Å². The van der Waals surface area contributed by atoms with Crippen molar-refractivity contribution in [2.75, 3.05) is 0 Å². The topological polar surface area (TPSA) is 38.0 Å². The molecule has 3 atom stereocenters. The molecule has 1 N–H and O–H groups in total. The lowest BCUT2D eigenvalue weighted by atomic mass is 9.66. The average Bonchev–Trinajstić information content (AvgIpc) is 2.69. The summed E-state index contributed by atoms with van der Waals surface area (Å²) >= 11 is 0. The van der Waals surface area contributed by atoms with Crippen molar-refractivity contribution in [3.63, 3.8) is 0 Å². The molecule has 108 valence electrons. The van der Waals surface area contributed by atoms with Gasteiger partial charge in [0.25, 0.3) is 0 Å². The van der Waals surface area contributed by atoms with E-state index in [1.54, 1.807) is 0 Å². The van der Waals surface area contributed by atoms with Crippen LogP contribution in [0.4, 0.5) is 0 Å². The summed E-state index contributed by atoms with van der Waals surface area (Å²) in [5.74, 6) is 0.619. The number of aliphatic hydroxyl groups is 1. The molecule has 0 amide bonds. The van der Waals surface area contributed by atoms with Gasteiger partial charge in [-0.2, -0.15) is 0 Å². The average molecular weight is 264 g/mol. The number of aliphatic hydroxyl groups excluding tert-OH is 1. The molecule has 0 saturated heterocycles. The van der Waals surface area contributed by atoms with E-state index in [2.05, 4.69) is 44.2 Å². The highest BCUT2D eigenvalue weighted by Gasteiger charge is 2.39. The molecule has 1 saturated carbocycles. The Bertz CT molecular complexity index is 436. The van der Waals surface area contributed by atoms with Gasteiger partial charge in [0, 0.05) is 11.7 Å². The van der Waals surface area contributed by atoms with Crippen LogP contribution in [0.25, 0.3) is 0 Å². The molecule has 1 aliphatic rings. The van der Waals surface area contributed by atoms with Crippen LogP contribution in [0.2, 0.25) is 0 Å². The van der Waals surface area contributed by atoms with Crippen LogP contribution in [0.15, 0.2) is 6.33 Å². The number of aromatic nitrogens is 2. The summed E-state index contributed by atoms with van der Waals surface area (Å²) in [7, 11) is 0. The third kappa shape index (κ3) is 2.71. The van der Waals surface area contributed by atoms with Gasteiger partial charge in [-0.3, -0.25) is 0 Å². The summed E-state index contributed by atoms with van der Waals surface area (Å²) in [6.07, 6.45) is 5.91. The summed E-state index contributed by atoms with van der Waals surface area (Å²) in [4.78, 5) is 4.44. The fraction of sp³-hybridized carbons (Fsp3) is 0.812. The van der Waals surface area contributed by atoms with Gasteiger partial charge in [0.05, 0.1) is 18.1 Å². The van der Waals surface area contributed by atoms with Crippen LogP contribution in [0.5, 0.6) is 0 Å². The molecule has 0 aromatic carbocycles. The summed E-state index contributed by atoms with van der Waals surface area (Å²) in [6, 6.07) is 0.389. The van der Waals surface area contributed by atoms with E-state index in [9.17, 15) is 5.11 Å². The monoisotopic (exact) mass is 264 g/mol. The molecule has 0 radical (unpaired) electrons. The van der Waals surface area contributed by atoms with Crippen molar-refractivity contribution in [1.82, 2.24) is 9.55 Å². The molecule has 0 spiro atoms. The smallest absolute Gasteiger partial charge is 0.0954 e. The molecule has 0 bridgehead atoms. The number of aryl methyl sites for hydroxylation is 1. The maximum atomic E-state index is 10.1. The van der Waals surface area contributed by atoms with E-state index in [1.165, 1.54) is 12.1 Å². The minimum atomic E-state index is -0.156. The van der Waals surface area contributed by atoms with Crippen LogP contribution >= 0.6 is 0 Å². The minimum absolute atomic E-state index is 0.156. The van der Waals surface area contributed by atoms with Gasteiger partial charge in [-0.05, 0) is 44.4 Å². The number of hydrogen-bond acceptors (Lipinski definition) is 2. The molecule has 2 rings (SSSR count). The van der Waals surface area contributed by atoms with E-state index in [4.69, 9.17) is 0 Å². The maximum absolute atomic E-state index is 10.1. The molecule has 0 aliphatic heterocycles. The summed E-state index contributed by atoms with van der Waals surface area (Å²) in [5.41, 5.74) is 2.67. The second-order valence-corrected chi connectivity index (χ2v) is 6.81. The Morgan fingerprint density at radius 2 is 2.05 bits per heavy atom. The van der Waals surface area contributed by atoms with E-state index in [1.807, 2.05) is 6.33 Å². The van der Waals surface area contributed by atoms with Crippen molar-refractivity contribution in [2.24, 2.45) is 11.3 Å². The molecule has 1 aromatic heterocycles. The van der Waals surface area contributed by atoms with Crippen LogP contribution in [-0.4, -0.2) is 20.8 Å². The molecule has 1 aromatic rings. The predicted octanol–water partition coefficient (Wildman–Crippen LogP) is 3.64. The maximum Gasteiger partial charge on any atom is 0.0954 e. The molecule has 3 nitrogen and oxygen atoms in total. The molecule has 3 unspecified atom stereocenters. The Hall–Kier alpha value is -0.830. The van der Waals surface area contributed by atoms with Crippen molar-refractivity contribution in [3.05, 3.63) is 17.7 Å². The SMILES string of the molecule is CCC(C)(C)C1CCC(O)CC1n1cnc(C)c1C. The number of hydrogen-bond donors (Lipinski definition) is 1. The van der Waals surface area contributed by atoms with Gasteiger partial charge in [0.1, 0.15) is 0 Å². The zero-order chi connectivity index (χ0) is 14.2. The van der Waals surface area contributed by atoms with E-state index >= 15 is 0 Å². The van der Waals surface area contributed by atoms with Gasteiger partial charge < -0.3 is 9.67 Å². The van der Waals surface area contributed by atoms with E-state index in [0.29, 0.717) is 17.4 Å². The van der Waals surface area contributed by atoms with Crippen LogP contribution in [0.1, 0.15) is 63.9 Å². The number of nitrogens with zero attached hydrogens (tertiary/aromatic N) is 2. The number of rotatable bonds is 3. The van der Waals surface area contributed by atoms with Crippen LogP contribution in [-0.2, 0) is 0 Å². The molecule has 19 heavy (non-hydrogen) atoms. The Labute approximate surface area is 117 Å². The Morgan fingerprint density at radius 3 is 2.58 bits per heavy atom. The van der Waals surface area contributed by atoms with Gasteiger partial charge in [0.2, 0.25) is 0 Å². The second-order valence-electron chi connectivity index (χ2n) is 6.81. The molecule has 1 heterocycles. The quantitative estimate of drug-likeness (QED) is 0.905. The van der Waals surface area contributed by atoms with Gasteiger partial charge in [-0.15, -0.1) is 0 Å². The highest BCUT2D eigenvalue weighted by Crippen LogP contribution is 2.46. The highest BCUT2D eigenvalue weighted by molar-refractivity contribution is 5.11. The Morgan fingerprint density at radius 1 is 1.37 bits per heavy atom. The normalized spacial score (nSPS) is 28.6. The van der Waals surface area contributed by atoms with Crippen molar-refractivity contribution in [1.29, 1.82) is 0 Å². The summed E-state index contributed by atoms with van der Waals surface area (Å²) < 4.78 is 2.31.